The van der Waals surface area contributed by atoms with E-state index in [9.17, 15) is 27.6 Å². The summed E-state index contributed by atoms with van der Waals surface area (Å²) in [6.07, 6.45) is 3.46. The van der Waals surface area contributed by atoms with Crippen LogP contribution in [0.2, 0.25) is 0 Å². The third kappa shape index (κ3) is 11.9. The highest BCUT2D eigenvalue weighted by atomic mass is 32.2. The van der Waals surface area contributed by atoms with Gasteiger partial charge in [-0.05, 0) is 98.1 Å². The van der Waals surface area contributed by atoms with Crippen LogP contribution < -0.4 is 5.32 Å². The number of carbonyl (C=O) groups excluding carboxylic acids is 4. The molecule has 2 aliphatic rings. The number of hydrogen-bond donors (Lipinski definition) is 1. The zero-order valence-electron chi connectivity index (χ0n) is 27.7. The number of benzene rings is 1. The third-order valence-electron chi connectivity index (χ3n) is 7.96. The zero-order valence-corrected chi connectivity index (χ0v) is 28.5. The van der Waals surface area contributed by atoms with E-state index in [0.717, 1.165) is 12.8 Å². The summed E-state index contributed by atoms with van der Waals surface area (Å²) < 4.78 is 36.8. The quantitative estimate of drug-likeness (QED) is 0.370. The Morgan fingerprint density at radius 2 is 1.51 bits per heavy atom. The van der Waals surface area contributed by atoms with Gasteiger partial charge in [-0.3, -0.25) is 9.59 Å². The molecule has 0 spiro atoms. The van der Waals surface area contributed by atoms with Gasteiger partial charge in [0.15, 0.2) is 9.84 Å². The van der Waals surface area contributed by atoms with Crippen molar-refractivity contribution < 1.29 is 37.1 Å². The van der Waals surface area contributed by atoms with Gasteiger partial charge in [-0.15, -0.1) is 0 Å². The lowest BCUT2D eigenvalue weighted by Crippen LogP contribution is -2.51. The zero-order chi connectivity index (χ0) is 33.4. The van der Waals surface area contributed by atoms with Crippen LogP contribution in [0.25, 0.3) is 0 Å². The molecule has 0 radical (unpaired) electrons. The summed E-state index contributed by atoms with van der Waals surface area (Å²) >= 11 is 0. The van der Waals surface area contributed by atoms with E-state index < -0.39 is 44.9 Å². The fraction of sp³-hybridized carbons (Fsp3) is 0.697. The molecule has 1 N–H and O–H groups in total. The topological polar surface area (TPSA) is 139 Å². The molecule has 1 aromatic carbocycles. The summed E-state index contributed by atoms with van der Waals surface area (Å²) in [5.74, 6) is -1.63. The van der Waals surface area contributed by atoms with E-state index in [1.165, 1.54) is 12.1 Å². The molecule has 0 unspecified atom stereocenters. The van der Waals surface area contributed by atoms with Gasteiger partial charge in [0, 0.05) is 32.6 Å². The molecule has 2 atom stereocenters. The molecular formula is C33H51N3O8S. The fourth-order valence-electron chi connectivity index (χ4n) is 5.56. The second-order valence-corrected chi connectivity index (χ2v) is 16.3. The van der Waals surface area contributed by atoms with E-state index in [4.69, 9.17) is 9.47 Å². The maximum Gasteiger partial charge on any atom is 0.410 e. The first-order valence-electron chi connectivity index (χ1n) is 16.0. The van der Waals surface area contributed by atoms with Crippen molar-refractivity contribution in [3.8, 4) is 0 Å². The summed E-state index contributed by atoms with van der Waals surface area (Å²) in [6, 6.07) is 6.83. The number of likely N-dealkylation sites (tertiary alicyclic amines) is 2. The summed E-state index contributed by atoms with van der Waals surface area (Å²) in [4.78, 5) is 55.5. The van der Waals surface area contributed by atoms with Crippen molar-refractivity contribution in [1.82, 2.24) is 15.1 Å². The van der Waals surface area contributed by atoms with Crippen LogP contribution in [-0.2, 0) is 33.7 Å². The number of nitrogens with one attached hydrogen (secondary N) is 1. The van der Waals surface area contributed by atoms with Crippen molar-refractivity contribution in [3.05, 3.63) is 30.3 Å². The van der Waals surface area contributed by atoms with Crippen LogP contribution in [-0.4, -0.2) is 91.3 Å². The Morgan fingerprint density at radius 3 is 2.11 bits per heavy atom. The molecule has 0 aromatic heterocycles. The number of rotatable bonds is 10. The SMILES string of the molecule is CC(C)(C)OC(=O)[C@H](CCS(=O)(=O)c1ccccc1)NC(=O)[C@@H]1CCCN(C(=O)CCC2CCN(C(=O)OC(C)(C)C)CC2)C1. The minimum Gasteiger partial charge on any atom is -0.458 e. The first-order valence-corrected chi connectivity index (χ1v) is 17.7. The molecule has 2 aliphatic heterocycles. The van der Waals surface area contributed by atoms with Crippen molar-refractivity contribution in [3.63, 3.8) is 0 Å². The van der Waals surface area contributed by atoms with Crippen LogP contribution >= 0.6 is 0 Å². The second-order valence-electron chi connectivity index (χ2n) is 14.1. The van der Waals surface area contributed by atoms with Crippen LogP contribution in [0, 0.1) is 11.8 Å². The maximum atomic E-state index is 13.4. The molecule has 252 valence electrons. The molecule has 2 saturated heterocycles. The number of piperidine rings is 2. The van der Waals surface area contributed by atoms with Crippen molar-refractivity contribution >= 4 is 33.7 Å². The number of carbonyl (C=O) groups is 4. The normalized spacial score (nSPS) is 19.0. The summed E-state index contributed by atoms with van der Waals surface area (Å²) in [5, 5.41) is 2.75. The Kier molecular flexibility index (Phi) is 12.4. The maximum absolute atomic E-state index is 13.4. The molecule has 3 amide bonds. The number of nitrogens with zero attached hydrogens (tertiary/aromatic N) is 2. The fourth-order valence-corrected chi connectivity index (χ4v) is 6.92. The number of esters is 1. The number of hydrogen-bond acceptors (Lipinski definition) is 8. The summed E-state index contributed by atoms with van der Waals surface area (Å²) in [6.45, 7) is 12.7. The van der Waals surface area contributed by atoms with E-state index in [1.54, 1.807) is 48.8 Å². The van der Waals surface area contributed by atoms with E-state index in [-0.39, 0.29) is 35.6 Å². The third-order valence-corrected chi connectivity index (χ3v) is 9.73. The largest absolute Gasteiger partial charge is 0.458 e. The first kappa shape index (κ1) is 36.3. The van der Waals surface area contributed by atoms with Crippen molar-refractivity contribution in [2.24, 2.45) is 11.8 Å². The van der Waals surface area contributed by atoms with Crippen LogP contribution in [0.1, 0.15) is 86.5 Å². The van der Waals surface area contributed by atoms with Gasteiger partial charge < -0.3 is 24.6 Å². The van der Waals surface area contributed by atoms with Crippen LogP contribution in [0.3, 0.4) is 0 Å². The van der Waals surface area contributed by atoms with Gasteiger partial charge in [0.1, 0.15) is 17.2 Å². The molecule has 2 fully saturated rings. The van der Waals surface area contributed by atoms with Crippen LogP contribution in [0.4, 0.5) is 4.79 Å². The predicted octanol–water partition coefficient (Wildman–Crippen LogP) is 4.34. The van der Waals surface area contributed by atoms with Gasteiger partial charge in [0.05, 0.1) is 16.6 Å². The Morgan fingerprint density at radius 1 is 0.889 bits per heavy atom. The number of ether oxygens (including phenoxy) is 2. The smallest absolute Gasteiger partial charge is 0.410 e. The molecule has 0 aliphatic carbocycles. The number of amides is 3. The van der Waals surface area contributed by atoms with E-state index in [1.807, 2.05) is 20.8 Å². The molecule has 11 nitrogen and oxygen atoms in total. The van der Waals surface area contributed by atoms with E-state index in [2.05, 4.69) is 5.32 Å². The molecule has 2 heterocycles. The number of sulfone groups is 1. The molecular weight excluding hydrogens is 598 g/mol. The van der Waals surface area contributed by atoms with Gasteiger partial charge >= 0.3 is 12.1 Å². The van der Waals surface area contributed by atoms with Gasteiger partial charge in [0.25, 0.3) is 0 Å². The average Bonchev–Trinajstić information content (AvgIpc) is 2.97. The standard InChI is InChI=1S/C33H51N3O8S/c1-32(2,3)43-30(39)27(18-22-45(41,42)26-12-8-7-9-13-26)34-29(38)25-11-10-19-36(23-25)28(37)15-14-24-16-20-35(21-17-24)31(40)44-33(4,5)6/h7-9,12-13,24-25,27H,10-11,14-23H2,1-6H3,(H,34,38)/t25-,27+/m1/s1. The monoisotopic (exact) mass is 649 g/mol. The lowest BCUT2D eigenvalue weighted by molar-refractivity contribution is -0.159. The highest BCUT2D eigenvalue weighted by Gasteiger charge is 2.34. The lowest BCUT2D eigenvalue weighted by Gasteiger charge is -2.35. The van der Waals surface area contributed by atoms with Gasteiger partial charge in [-0.25, -0.2) is 18.0 Å². The minimum absolute atomic E-state index is 0.0141. The van der Waals surface area contributed by atoms with Crippen molar-refractivity contribution in [2.75, 3.05) is 31.9 Å². The predicted molar refractivity (Wildman–Crippen MR) is 170 cm³/mol. The second kappa shape index (κ2) is 15.4. The molecule has 1 aromatic rings. The molecule has 0 bridgehead atoms. The lowest BCUT2D eigenvalue weighted by atomic mass is 9.91. The molecule has 12 heteroatoms. The van der Waals surface area contributed by atoms with E-state index >= 15 is 0 Å². The van der Waals surface area contributed by atoms with Gasteiger partial charge in [-0.2, -0.15) is 0 Å². The highest BCUT2D eigenvalue weighted by molar-refractivity contribution is 7.91. The Labute approximate surface area is 268 Å². The minimum atomic E-state index is -3.68. The van der Waals surface area contributed by atoms with Crippen molar-refractivity contribution in [1.29, 1.82) is 0 Å². The Balaban J connectivity index is 1.53. The molecule has 0 saturated carbocycles. The van der Waals surface area contributed by atoms with Gasteiger partial charge in [0.2, 0.25) is 11.8 Å². The van der Waals surface area contributed by atoms with Gasteiger partial charge in [-0.1, -0.05) is 18.2 Å². The van der Waals surface area contributed by atoms with Crippen molar-refractivity contribution in [2.45, 2.75) is 109 Å². The molecule has 45 heavy (non-hydrogen) atoms. The van der Waals surface area contributed by atoms with Crippen LogP contribution in [0.5, 0.6) is 0 Å². The summed E-state index contributed by atoms with van der Waals surface area (Å²) in [5.41, 5.74) is -1.36. The highest BCUT2D eigenvalue weighted by Crippen LogP contribution is 2.25. The Bertz CT molecular complexity index is 1280. The Hall–Kier alpha value is -3.15. The van der Waals surface area contributed by atoms with E-state index in [0.29, 0.717) is 51.2 Å². The summed E-state index contributed by atoms with van der Waals surface area (Å²) in [7, 11) is -3.68. The first-order chi connectivity index (χ1) is 20.9. The average molecular weight is 650 g/mol. The molecule has 3 rings (SSSR count). The van der Waals surface area contributed by atoms with Crippen LogP contribution in [0.15, 0.2) is 35.2 Å².